The van der Waals surface area contributed by atoms with E-state index >= 15 is 0 Å². The Morgan fingerprint density at radius 2 is 1.63 bits per heavy atom. The summed E-state index contributed by atoms with van der Waals surface area (Å²) >= 11 is 0. The first-order chi connectivity index (χ1) is 9.34. The maximum absolute atomic E-state index is 12.3. The maximum atomic E-state index is 12.3. The first-order valence-corrected chi connectivity index (χ1v) is 6.35. The molecule has 1 aromatic heterocycles. The zero-order valence-electron chi connectivity index (χ0n) is 10.5. The molecule has 1 N–H and O–H groups in total. The Labute approximate surface area is 110 Å². The van der Waals surface area contributed by atoms with E-state index in [2.05, 4.69) is 22.3 Å². The molecule has 3 heteroatoms. The maximum Gasteiger partial charge on any atom is 0.211 e. The number of rotatable bonds is 3. The van der Waals surface area contributed by atoms with Gasteiger partial charge in [0.05, 0.1) is 5.52 Å². The summed E-state index contributed by atoms with van der Waals surface area (Å²) in [7, 11) is 0. The fourth-order valence-corrected chi connectivity index (χ4v) is 2.19. The Hall–Kier alpha value is -2.42. The molecule has 94 valence electrons. The predicted molar refractivity (Wildman–Crippen MR) is 76.2 cm³/mol. The number of H-pyrrole nitrogens is 1. The van der Waals surface area contributed by atoms with Crippen LogP contribution in [0.5, 0.6) is 0 Å². The number of aromatic nitrogens is 2. The average molecular weight is 250 g/mol. The van der Waals surface area contributed by atoms with Gasteiger partial charge in [-0.15, -0.1) is 0 Å². The van der Waals surface area contributed by atoms with Crippen molar-refractivity contribution in [1.82, 2.24) is 10.2 Å². The highest BCUT2D eigenvalue weighted by Gasteiger charge is 2.06. The fraction of sp³-hybridized carbons (Fsp3) is 0.125. The SMILES string of the molecule is O=c1c(CCc2ccccc2)n[nH]c2ccccc12. The van der Waals surface area contributed by atoms with Gasteiger partial charge < -0.3 is 0 Å². The van der Waals surface area contributed by atoms with Crippen molar-refractivity contribution in [3.63, 3.8) is 0 Å². The van der Waals surface area contributed by atoms with Gasteiger partial charge in [-0.2, -0.15) is 5.10 Å². The minimum atomic E-state index is 0.0327. The van der Waals surface area contributed by atoms with Crippen LogP contribution in [0.4, 0.5) is 0 Å². The topological polar surface area (TPSA) is 45.8 Å². The number of benzene rings is 2. The summed E-state index contributed by atoms with van der Waals surface area (Å²) in [4.78, 5) is 12.3. The van der Waals surface area contributed by atoms with Crippen LogP contribution in [-0.4, -0.2) is 10.2 Å². The van der Waals surface area contributed by atoms with Gasteiger partial charge in [-0.25, -0.2) is 0 Å². The van der Waals surface area contributed by atoms with Gasteiger partial charge in [-0.1, -0.05) is 42.5 Å². The number of hydrogen-bond acceptors (Lipinski definition) is 2. The average Bonchev–Trinajstić information content (AvgIpc) is 2.48. The smallest absolute Gasteiger partial charge is 0.211 e. The second kappa shape index (κ2) is 5.06. The molecule has 3 aromatic rings. The summed E-state index contributed by atoms with van der Waals surface area (Å²) in [5.41, 5.74) is 2.64. The second-order valence-electron chi connectivity index (χ2n) is 4.53. The second-order valence-corrected chi connectivity index (χ2v) is 4.53. The van der Waals surface area contributed by atoms with Gasteiger partial charge in [-0.3, -0.25) is 9.89 Å². The highest BCUT2D eigenvalue weighted by Crippen LogP contribution is 2.07. The highest BCUT2D eigenvalue weighted by molar-refractivity contribution is 5.77. The zero-order chi connectivity index (χ0) is 13.1. The van der Waals surface area contributed by atoms with Crippen LogP contribution in [0.15, 0.2) is 59.4 Å². The van der Waals surface area contributed by atoms with Crippen molar-refractivity contribution >= 4 is 10.9 Å². The van der Waals surface area contributed by atoms with Gasteiger partial charge in [0.1, 0.15) is 5.69 Å². The third-order valence-electron chi connectivity index (χ3n) is 3.24. The summed E-state index contributed by atoms with van der Waals surface area (Å²) < 4.78 is 0. The Bertz CT molecular complexity index is 747. The largest absolute Gasteiger partial charge is 0.287 e. The van der Waals surface area contributed by atoms with Crippen molar-refractivity contribution in [1.29, 1.82) is 0 Å². The van der Waals surface area contributed by atoms with E-state index in [4.69, 9.17) is 0 Å². The van der Waals surface area contributed by atoms with Gasteiger partial charge in [0.15, 0.2) is 0 Å². The molecule has 1 heterocycles. The molecule has 0 aliphatic carbocycles. The lowest BCUT2D eigenvalue weighted by atomic mass is 10.1. The monoisotopic (exact) mass is 250 g/mol. The van der Waals surface area contributed by atoms with Crippen molar-refractivity contribution in [2.75, 3.05) is 0 Å². The van der Waals surface area contributed by atoms with E-state index in [9.17, 15) is 4.79 Å². The number of nitrogens with one attached hydrogen (secondary N) is 1. The molecule has 0 unspecified atom stereocenters. The van der Waals surface area contributed by atoms with E-state index in [1.807, 2.05) is 42.5 Å². The molecule has 0 saturated heterocycles. The van der Waals surface area contributed by atoms with Crippen LogP contribution >= 0.6 is 0 Å². The Balaban J connectivity index is 1.90. The predicted octanol–water partition coefficient (Wildman–Crippen LogP) is 2.71. The van der Waals surface area contributed by atoms with Gasteiger partial charge >= 0.3 is 0 Å². The summed E-state index contributed by atoms with van der Waals surface area (Å²) in [6.07, 6.45) is 1.49. The van der Waals surface area contributed by atoms with Crippen LogP contribution < -0.4 is 5.43 Å². The molecular formula is C16H14N2O. The van der Waals surface area contributed by atoms with Crippen LogP contribution in [0.2, 0.25) is 0 Å². The number of fused-ring (bicyclic) bond motifs is 1. The van der Waals surface area contributed by atoms with Crippen LogP contribution in [0.1, 0.15) is 11.3 Å². The lowest BCUT2D eigenvalue weighted by Crippen LogP contribution is -2.14. The number of aryl methyl sites for hydroxylation is 2. The van der Waals surface area contributed by atoms with Crippen molar-refractivity contribution in [2.24, 2.45) is 0 Å². The van der Waals surface area contributed by atoms with Crippen LogP contribution in [-0.2, 0) is 12.8 Å². The minimum Gasteiger partial charge on any atom is -0.287 e. The standard InChI is InChI=1S/C16H14N2O/c19-16-13-8-4-5-9-14(13)17-18-15(16)11-10-12-6-2-1-3-7-12/h1-9H,10-11H2,(H,17,19). The molecule has 0 amide bonds. The summed E-state index contributed by atoms with van der Waals surface area (Å²) in [5, 5.41) is 7.84. The number of para-hydroxylation sites is 1. The summed E-state index contributed by atoms with van der Waals surface area (Å²) in [6.45, 7) is 0. The van der Waals surface area contributed by atoms with E-state index in [1.54, 1.807) is 0 Å². The normalized spacial score (nSPS) is 10.7. The molecule has 0 spiro atoms. The first-order valence-electron chi connectivity index (χ1n) is 6.35. The number of nitrogens with zero attached hydrogens (tertiary/aromatic N) is 1. The molecule has 0 radical (unpaired) electrons. The summed E-state index contributed by atoms with van der Waals surface area (Å²) in [6, 6.07) is 17.6. The van der Waals surface area contributed by atoms with E-state index in [0.717, 1.165) is 11.9 Å². The molecule has 0 aliphatic heterocycles. The molecule has 3 rings (SSSR count). The van der Waals surface area contributed by atoms with Gasteiger partial charge in [0.2, 0.25) is 5.43 Å². The van der Waals surface area contributed by atoms with Crippen LogP contribution in [0.25, 0.3) is 10.9 Å². The lowest BCUT2D eigenvalue weighted by Gasteiger charge is -2.02. The van der Waals surface area contributed by atoms with Crippen molar-refractivity contribution in [2.45, 2.75) is 12.8 Å². The van der Waals surface area contributed by atoms with E-state index in [0.29, 0.717) is 17.5 Å². The molecule has 19 heavy (non-hydrogen) atoms. The van der Waals surface area contributed by atoms with Gasteiger partial charge in [-0.05, 0) is 30.5 Å². The highest BCUT2D eigenvalue weighted by atomic mass is 16.1. The van der Waals surface area contributed by atoms with Crippen LogP contribution in [0, 0.1) is 0 Å². The molecule has 0 bridgehead atoms. The van der Waals surface area contributed by atoms with E-state index in [-0.39, 0.29) is 5.43 Å². The molecule has 0 atom stereocenters. The van der Waals surface area contributed by atoms with Crippen molar-refractivity contribution in [3.8, 4) is 0 Å². The Morgan fingerprint density at radius 1 is 0.895 bits per heavy atom. The van der Waals surface area contributed by atoms with Crippen molar-refractivity contribution in [3.05, 3.63) is 76.1 Å². The molecule has 0 saturated carbocycles. The number of aromatic amines is 1. The van der Waals surface area contributed by atoms with E-state index in [1.165, 1.54) is 5.56 Å². The third-order valence-corrected chi connectivity index (χ3v) is 3.24. The minimum absolute atomic E-state index is 0.0327. The molecule has 0 fully saturated rings. The van der Waals surface area contributed by atoms with Gasteiger partial charge in [0, 0.05) is 5.39 Å². The zero-order valence-corrected chi connectivity index (χ0v) is 10.5. The van der Waals surface area contributed by atoms with Gasteiger partial charge in [0.25, 0.3) is 0 Å². The lowest BCUT2D eigenvalue weighted by molar-refractivity contribution is 0.862. The summed E-state index contributed by atoms with van der Waals surface area (Å²) in [5.74, 6) is 0. The molecule has 0 aliphatic rings. The van der Waals surface area contributed by atoms with E-state index < -0.39 is 0 Å². The molecule has 2 aromatic carbocycles. The molecule has 3 nitrogen and oxygen atoms in total. The number of hydrogen-bond donors (Lipinski definition) is 1. The quantitative estimate of drug-likeness (QED) is 0.776. The first kappa shape index (κ1) is 11.7. The third kappa shape index (κ3) is 2.40. The Kier molecular flexibility index (Phi) is 3.11. The molecular weight excluding hydrogens is 236 g/mol. The van der Waals surface area contributed by atoms with Crippen LogP contribution in [0.3, 0.4) is 0 Å². The Morgan fingerprint density at radius 3 is 2.47 bits per heavy atom. The fourth-order valence-electron chi connectivity index (χ4n) is 2.19. The van der Waals surface area contributed by atoms with Crippen molar-refractivity contribution < 1.29 is 0 Å².